The van der Waals surface area contributed by atoms with E-state index < -0.39 is 15.6 Å². The molecule has 1 saturated heterocycles. The van der Waals surface area contributed by atoms with Gasteiger partial charge in [-0.2, -0.15) is 14.1 Å². The van der Waals surface area contributed by atoms with Gasteiger partial charge in [0.2, 0.25) is 10.0 Å². The normalized spacial score (nSPS) is 15.3. The van der Waals surface area contributed by atoms with E-state index in [1.54, 1.807) is 24.4 Å². The van der Waals surface area contributed by atoms with Gasteiger partial charge < -0.3 is 4.90 Å². The maximum absolute atomic E-state index is 13.1. The molecule has 0 N–H and O–H groups in total. The van der Waals surface area contributed by atoms with Crippen LogP contribution in [-0.2, 0) is 10.0 Å². The van der Waals surface area contributed by atoms with E-state index >= 15 is 0 Å². The molecule has 3 aromatic rings. The molecular weight excluding hydrogens is 436 g/mol. The van der Waals surface area contributed by atoms with E-state index in [9.17, 15) is 13.2 Å². The number of aromatic nitrogens is 2. The maximum atomic E-state index is 13.1. The SMILES string of the molecule is Cc1ccc(S(=O)(=O)N2CCN(c3cnn(-c4ccccc4)c(=O)c3Cl)CC2)c(C)c1. The van der Waals surface area contributed by atoms with E-state index in [0.717, 1.165) is 11.1 Å². The van der Waals surface area contributed by atoms with Gasteiger partial charge in [-0.25, -0.2) is 8.42 Å². The fraction of sp³-hybridized carbons (Fsp3) is 0.273. The molecule has 31 heavy (non-hydrogen) atoms. The minimum atomic E-state index is -3.58. The summed E-state index contributed by atoms with van der Waals surface area (Å²) in [5, 5.41) is 4.34. The number of sulfonamides is 1. The zero-order valence-electron chi connectivity index (χ0n) is 17.3. The minimum Gasteiger partial charge on any atom is -0.366 e. The van der Waals surface area contributed by atoms with E-state index in [0.29, 0.717) is 42.4 Å². The highest BCUT2D eigenvalue weighted by Crippen LogP contribution is 2.26. The number of para-hydroxylation sites is 1. The lowest BCUT2D eigenvalue weighted by molar-refractivity contribution is 0.384. The van der Waals surface area contributed by atoms with Gasteiger partial charge >= 0.3 is 0 Å². The van der Waals surface area contributed by atoms with Crippen LogP contribution in [0.5, 0.6) is 0 Å². The molecule has 0 aliphatic carbocycles. The Bertz CT molecular complexity index is 1270. The summed E-state index contributed by atoms with van der Waals surface area (Å²) in [7, 11) is -3.58. The molecule has 162 valence electrons. The Morgan fingerprint density at radius 3 is 2.29 bits per heavy atom. The molecule has 0 bridgehead atoms. The number of aryl methyl sites for hydroxylation is 2. The second kappa shape index (κ2) is 8.45. The van der Waals surface area contributed by atoms with Crippen molar-refractivity contribution in [3.63, 3.8) is 0 Å². The van der Waals surface area contributed by atoms with Crippen molar-refractivity contribution in [1.29, 1.82) is 0 Å². The zero-order chi connectivity index (χ0) is 22.2. The fourth-order valence-corrected chi connectivity index (χ4v) is 5.67. The Morgan fingerprint density at radius 2 is 1.65 bits per heavy atom. The van der Waals surface area contributed by atoms with Gasteiger partial charge in [0.15, 0.2) is 0 Å². The van der Waals surface area contributed by atoms with Crippen molar-refractivity contribution >= 4 is 27.3 Å². The highest BCUT2D eigenvalue weighted by molar-refractivity contribution is 7.89. The molecular formula is C22H23ClN4O3S. The van der Waals surface area contributed by atoms with Crippen LogP contribution in [0.15, 0.2) is 64.4 Å². The Morgan fingerprint density at radius 1 is 0.968 bits per heavy atom. The Kier molecular flexibility index (Phi) is 5.88. The molecule has 1 aromatic heterocycles. The van der Waals surface area contributed by atoms with Crippen LogP contribution in [0.3, 0.4) is 0 Å². The van der Waals surface area contributed by atoms with Crippen LogP contribution in [0.2, 0.25) is 5.02 Å². The molecule has 2 aromatic carbocycles. The summed E-state index contributed by atoms with van der Waals surface area (Å²) in [4.78, 5) is 15.0. The smallest absolute Gasteiger partial charge is 0.292 e. The average molecular weight is 459 g/mol. The summed E-state index contributed by atoms with van der Waals surface area (Å²) in [6.45, 7) is 5.18. The van der Waals surface area contributed by atoms with Crippen LogP contribution in [0.25, 0.3) is 5.69 Å². The average Bonchev–Trinajstić information content (AvgIpc) is 2.76. The van der Waals surface area contributed by atoms with Gasteiger partial charge in [-0.3, -0.25) is 4.79 Å². The summed E-state index contributed by atoms with van der Waals surface area (Å²) >= 11 is 6.39. The number of rotatable bonds is 4. The molecule has 1 aliphatic heterocycles. The molecule has 4 rings (SSSR count). The van der Waals surface area contributed by atoms with Gasteiger partial charge in [0.25, 0.3) is 5.56 Å². The lowest BCUT2D eigenvalue weighted by Crippen LogP contribution is -2.49. The lowest BCUT2D eigenvalue weighted by Gasteiger charge is -2.35. The first-order chi connectivity index (χ1) is 14.8. The van der Waals surface area contributed by atoms with Gasteiger partial charge in [-0.15, -0.1) is 0 Å². The van der Waals surface area contributed by atoms with Crippen LogP contribution in [0.4, 0.5) is 5.69 Å². The number of benzene rings is 2. The van der Waals surface area contributed by atoms with Crippen molar-refractivity contribution in [2.75, 3.05) is 31.1 Å². The first-order valence-electron chi connectivity index (χ1n) is 9.94. The number of anilines is 1. The third kappa shape index (κ3) is 4.11. The molecule has 0 spiro atoms. The number of piperazine rings is 1. The van der Waals surface area contributed by atoms with E-state index in [2.05, 4.69) is 5.10 Å². The minimum absolute atomic E-state index is 0.0736. The van der Waals surface area contributed by atoms with Gasteiger partial charge in [-0.1, -0.05) is 47.5 Å². The van der Waals surface area contributed by atoms with Crippen LogP contribution >= 0.6 is 11.6 Å². The summed E-state index contributed by atoms with van der Waals surface area (Å²) in [5.41, 5.74) is 2.50. The molecule has 7 nitrogen and oxygen atoms in total. The highest BCUT2D eigenvalue weighted by Gasteiger charge is 2.30. The molecule has 0 atom stereocenters. The van der Waals surface area contributed by atoms with Crippen LogP contribution in [0, 0.1) is 13.8 Å². The molecule has 0 unspecified atom stereocenters. The number of hydrogen-bond acceptors (Lipinski definition) is 5. The van der Waals surface area contributed by atoms with Crippen LogP contribution in [-0.4, -0.2) is 48.7 Å². The second-order valence-corrected chi connectivity index (χ2v) is 9.84. The predicted molar refractivity (Wildman–Crippen MR) is 122 cm³/mol. The molecule has 9 heteroatoms. The van der Waals surface area contributed by atoms with Crippen molar-refractivity contribution in [1.82, 2.24) is 14.1 Å². The van der Waals surface area contributed by atoms with Gasteiger partial charge in [0.1, 0.15) is 5.02 Å². The third-order valence-electron chi connectivity index (χ3n) is 5.43. The molecule has 0 amide bonds. The highest BCUT2D eigenvalue weighted by atomic mass is 35.5. The summed E-state index contributed by atoms with van der Waals surface area (Å²) in [5.74, 6) is 0. The first kappa shape index (κ1) is 21.5. The monoisotopic (exact) mass is 458 g/mol. The Hall–Kier alpha value is -2.68. The Labute approximate surface area is 186 Å². The number of halogens is 1. The van der Waals surface area contributed by atoms with Crippen LogP contribution < -0.4 is 10.5 Å². The molecule has 0 saturated carbocycles. The molecule has 1 fully saturated rings. The summed E-state index contributed by atoms with van der Waals surface area (Å²) < 4.78 is 28.9. The first-order valence-corrected chi connectivity index (χ1v) is 11.8. The van der Waals surface area contributed by atoms with Crippen molar-refractivity contribution in [3.05, 3.63) is 81.2 Å². The van der Waals surface area contributed by atoms with Crippen molar-refractivity contribution in [2.45, 2.75) is 18.7 Å². The van der Waals surface area contributed by atoms with E-state index in [-0.39, 0.29) is 5.02 Å². The van der Waals surface area contributed by atoms with Crippen molar-refractivity contribution in [3.8, 4) is 5.69 Å². The van der Waals surface area contributed by atoms with E-state index in [4.69, 9.17) is 11.6 Å². The predicted octanol–water partition coefficient (Wildman–Crippen LogP) is 3.01. The van der Waals surface area contributed by atoms with Gasteiger partial charge in [0.05, 0.1) is 22.5 Å². The van der Waals surface area contributed by atoms with Gasteiger partial charge in [0, 0.05) is 26.2 Å². The number of hydrogen-bond donors (Lipinski definition) is 0. The number of nitrogens with zero attached hydrogens (tertiary/aromatic N) is 4. The molecule has 2 heterocycles. The summed E-state index contributed by atoms with van der Waals surface area (Å²) in [6.07, 6.45) is 1.56. The summed E-state index contributed by atoms with van der Waals surface area (Å²) in [6, 6.07) is 14.4. The largest absolute Gasteiger partial charge is 0.366 e. The maximum Gasteiger partial charge on any atom is 0.292 e. The van der Waals surface area contributed by atoms with Crippen molar-refractivity contribution < 1.29 is 8.42 Å². The molecule has 1 aliphatic rings. The third-order valence-corrected chi connectivity index (χ3v) is 7.84. The molecule has 0 radical (unpaired) electrons. The van der Waals surface area contributed by atoms with E-state index in [1.165, 1.54) is 8.99 Å². The zero-order valence-corrected chi connectivity index (χ0v) is 18.9. The van der Waals surface area contributed by atoms with E-state index in [1.807, 2.05) is 49.1 Å². The van der Waals surface area contributed by atoms with Gasteiger partial charge in [-0.05, 0) is 37.6 Å². The second-order valence-electron chi connectivity index (χ2n) is 7.56. The quantitative estimate of drug-likeness (QED) is 0.600. The standard InChI is InChI=1S/C22H23ClN4O3S/c1-16-8-9-20(17(2)14-16)31(29,30)26-12-10-25(11-13-26)19-15-24-27(22(28)21(19)23)18-6-4-3-5-7-18/h3-9,14-15H,10-13H2,1-2H3. The Balaban J connectivity index is 1.54. The fourth-order valence-electron chi connectivity index (χ4n) is 3.79. The lowest BCUT2D eigenvalue weighted by atomic mass is 10.2. The van der Waals surface area contributed by atoms with Crippen molar-refractivity contribution in [2.24, 2.45) is 0 Å². The topological polar surface area (TPSA) is 75.5 Å². The van der Waals surface area contributed by atoms with Crippen LogP contribution in [0.1, 0.15) is 11.1 Å².